The molecule has 20 heavy (non-hydrogen) atoms. The Kier molecular flexibility index (Phi) is 5.44. The van der Waals surface area contributed by atoms with Crippen LogP contribution >= 0.6 is 0 Å². The average molecular weight is 278 g/mol. The van der Waals surface area contributed by atoms with Gasteiger partial charge >= 0.3 is 0 Å². The van der Waals surface area contributed by atoms with Crippen LogP contribution in [0.2, 0.25) is 0 Å². The summed E-state index contributed by atoms with van der Waals surface area (Å²) in [4.78, 5) is 11.2. The van der Waals surface area contributed by atoms with Crippen LogP contribution in [0.25, 0.3) is 0 Å². The molecule has 1 fully saturated rings. The number of ether oxygens (including phenoxy) is 1. The summed E-state index contributed by atoms with van der Waals surface area (Å²) in [7, 11) is 1.70. The van der Waals surface area contributed by atoms with Crippen molar-refractivity contribution in [3.8, 4) is 5.75 Å². The first-order valence-corrected chi connectivity index (χ1v) is 7.71. The number of anilines is 2. The molecule has 0 aromatic carbocycles. The van der Waals surface area contributed by atoms with Gasteiger partial charge in [0.15, 0.2) is 11.6 Å². The summed E-state index contributed by atoms with van der Waals surface area (Å²) >= 11 is 0. The number of hydrogen-bond donors (Lipinski definition) is 1. The van der Waals surface area contributed by atoms with Crippen LogP contribution in [0.3, 0.4) is 0 Å². The molecule has 0 unspecified atom stereocenters. The van der Waals surface area contributed by atoms with Crippen molar-refractivity contribution in [2.45, 2.75) is 52.0 Å². The number of nitrogens with zero attached hydrogens (tertiary/aromatic N) is 3. The van der Waals surface area contributed by atoms with E-state index in [2.05, 4.69) is 34.0 Å². The van der Waals surface area contributed by atoms with Crippen LogP contribution in [0, 0.1) is 0 Å². The number of aromatic nitrogens is 2. The smallest absolute Gasteiger partial charge is 0.204 e. The molecule has 0 atom stereocenters. The van der Waals surface area contributed by atoms with Crippen molar-refractivity contribution < 1.29 is 4.74 Å². The molecule has 0 amide bonds. The molecule has 1 aliphatic rings. The predicted molar refractivity (Wildman–Crippen MR) is 82.6 cm³/mol. The van der Waals surface area contributed by atoms with Crippen molar-refractivity contribution in [2.75, 3.05) is 30.4 Å². The van der Waals surface area contributed by atoms with E-state index in [0.717, 1.165) is 36.9 Å². The second-order valence-corrected chi connectivity index (χ2v) is 5.28. The van der Waals surface area contributed by atoms with Gasteiger partial charge in [0.1, 0.15) is 6.33 Å². The second kappa shape index (κ2) is 7.31. The van der Waals surface area contributed by atoms with Gasteiger partial charge in [0.2, 0.25) is 5.75 Å². The van der Waals surface area contributed by atoms with Crippen molar-refractivity contribution in [3.63, 3.8) is 0 Å². The Hall–Kier alpha value is -1.52. The van der Waals surface area contributed by atoms with Crippen LogP contribution in [0.4, 0.5) is 11.6 Å². The van der Waals surface area contributed by atoms with Gasteiger partial charge in [-0.05, 0) is 25.7 Å². The van der Waals surface area contributed by atoms with Crippen LogP contribution in [0.5, 0.6) is 5.75 Å². The molecule has 1 aromatic rings. The first kappa shape index (κ1) is 14.9. The maximum atomic E-state index is 5.58. The van der Waals surface area contributed by atoms with Crippen LogP contribution in [-0.4, -0.2) is 36.2 Å². The Bertz CT molecular complexity index is 420. The molecule has 2 rings (SSSR count). The van der Waals surface area contributed by atoms with E-state index in [0.29, 0.717) is 6.04 Å². The molecule has 0 radical (unpaired) electrons. The minimum atomic E-state index is 0.629. The third-order valence-corrected chi connectivity index (χ3v) is 3.54. The highest BCUT2D eigenvalue weighted by Crippen LogP contribution is 2.38. The van der Waals surface area contributed by atoms with E-state index in [9.17, 15) is 0 Å². The van der Waals surface area contributed by atoms with Gasteiger partial charge in [-0.1, -0.05) is 20.3 Å². The van der Waals surface area contributed by atoms with Crippen LogP contribution in [0.15, 0.2) is 6.33 Å². The molecule has 0 spiro atoms. The molecule has 1 N–H and O–H groups in total. The Morgan fingerprint density at radius 1 is 1.30 bits per heavy atom. The molecule has 1 saturated carbocycles. The quantitative estimate of drug-likeness (QED) is 0.752. The zero-order valence-electron chi connectivity index (χ0n) is 12.9. The van der Waals surface area contributed by atoms with Crippen molar-refractivity contribution in [1.29, 1.82) is 0 Å². The number of hydrogen-bond acceptors (Lipinski definition) is 5. The molecule has 0 saturated heterocycles. The van der Waals surface area contributed by atoms with Crippen molar-refractivity contribution in [2.24, 2.45) is 0 Å². The van der Waals surface area contributed by atoms with E-state index >= 15 is 0 Å². The summed E-state index contributed by atoms with van der Waals surface area (Å²) in [6.45, 7) is 6.29. The molecule has 112 valence electrons. The summed E-state index contributed by atoms with van der Waals surface area (Å²) in [6.07, 6.45) is 7.59. The van der Waals surface area contributed by atoms with Gasteiger partial charge in [0.25, 0.3) is 0 Å². The third kappa shape index (κ3) is 3.52. The van der Waals surface area contributed by atoms with Crippen LogP contribution in [0.1, 0.15) is 46.0 Å². The molecule has 1 heterocycles. The third-order valence-electron chi connectivity index (χ3n) is 3.54. The number of rotatable bonds is 9. The van der Waals surface area contributed by atoms with E-state index < -0.39 is 0 Å². The largest absolute Gasteiger partial charge is 0.490 e. The van der Waals surface area contributed by atoms with Gasteiger partial charge in [-0.3, -0.25) is 0 Å². The minimum Gasteiger partial charge on any atom is -0.490 e. The molecule has 1 aromatic heterocycles. The van der Waals surface area contributed by atoms with Crippen molar-refractivity contribution in [1.82, 2.24) is 9.97 Å². The monoisotopic (exact) mass is 278 g/mol. The summed E-state index contributed by atoms with van der Waals surface area (Å²) < 4.78 is 5.58. The van der Waals surface area contributed by atoms with Gasteiger partial charge in [0.05, 0.1) is 7.11 Å². The van der Waals surface area contributed by atoms with Gasteiger partial charge < -0.3 is 15.0 Å². The fourth-order valence-electron chi connectivity index (χ4n) is 2.30. The molecule has 1 aliphatic carbocycles. The normalized spacial score (nSPS) is 14.2. The van der Waals surface area contributed by atoms with Gasteiger partial charge in [0, 0.05) is 19.1 Å². The molecule has 0 bridgehead atoms. The standard InChI is InChI=1S/C15H26N4O/c1-4-6-10-19(12-7-8-12)15-13(20-3)14(16-9-5-2)17-11-18-15/h11-12H,4-10H2,1-3H3,(H,16,17,18). The summed E-state index contributed by atoms with van der Waals surface area (Å²) in [6, 6.07) is 0.629. The van der Waals surface area contributed by atoms with Gasteiger partial charge in [-0.15, -0.1) is 0 Å². The van der Waals surface area contributed by atoms with Gasteiger partial charge in [-0.2, -0.15) is 0 Å². The first-order valence-electron chi connectivity index (χ1n) is 7.71. The lowest BCUT2D eigenvalue weighted by Gasteiger charge is -2.25. The Morgan fingerprint density at radius 2 is 2.10 bits per heavy atom. The minimum absolute atomic E-state index is 0.629. The fourth-order valence-corrected chi connectivity index (χ4v) is 2.30. The van der Waals surface area contributed by atoms with Crippen LogP contribution in [-0.2, 0) is 0 Å². The maximum absolute atomic E-state index is 5.58. The van der Waals surface area contributed by atoms with Crippen molar-refractivity contribution in [3.05, 3.63) is 6.33 Å². The Labute approximate surface area is 121 Å². The summed E-state index contributed by atoms with van der Waals surface area (Å²) in [5, 5.41) is 3.32. The van der Waals surface area contributed by atoms with E-state index in [1.807, 2.05) is 0 Å². The highest BCUT2D eigenvalue weighted by molar-refractivity contribution is 5.65. The average Bonchev–Trinajstić information content (AvgIpc) is 3.30. The lowest BCUT2D eigenvalue weighted by molar-refractivity contribution is 0.411. The maximum Gasteiger partial charge on any atom is 0.204 e. The zero-order valence-corrected chi connectivity index (χ0v) is 12.9. The number of nitrogens with one attached hydrogen (secondary N) is 1. The number of unbranched alkanes of at least 4 members (excludes halogenated alkanes) is 1. The molecule has 0 aliphatic heterocycles. The second-order valence-electron chi connectivity index (χ2n) is 5.28. The molecular weight excluding hydrogens is 252 g/mol. The van der Waals surface area contributed by atoms with E-state index in [-0.39, 0.29) is 0 Å². The van der Waals surface area contributed by atoms with Crippen molar-refractivity contribution >= 4 is 11.6 Å². The highest BCUT2D eigenvalue weighted by atomic mass is 16.5. The van der Waals surface area contributed by atoms with Crippen LogP contribution < -0.4 is 15.0 Å². The van der Waals surface area contributed by atoms with E-state index in [1.165, 1.54) is 25.7 Å². The zero-order chi connectivity index (χ0) is 14.4. The number of methoxy groups -OCH3 is 1. The fraction of sp³-hybridized carbons (Fsp3) is 0.733. The molecule has 5 nitrogen and oxygen atoms in total. The molecular formula is C15H26N4O. The predicted octanol–water partition coefficient (Wildman–Crippen LogP) is 3.08. The Balaban J connectivity index is 2.23. The first-order chi connectivity index (χ1) is 9.81. The van der Waals surface area contributed by atoms with E-state index in [1.54, 1.807) is 13.4 Å². The topological polar surface area (TPSA) is 50.3 Å². The summed E-state index contributed by atoms with van der Waals surface area (Å²) in [5.41, 5.74) is 0. The van der Waals surface area contributed by atoms with Gasteiger partial charge in [-0.25, -0.2) is 9.97 Å². The molecule has 5 heteroatoms. The lowest BCUT2D eigenvalue weighted by Crippen LogP contribution is -2.28. The lowest BCUT2D eigenvalue weighted by atomic mass is 10.3. The SMILES string of the molecule is CCCCN(c1ncnc(NCCC)c1OC)C1CC1. The van der Waals surface area contributed by atoms with E-state index in [4.69, 9.17) is 4.74 Å². The highest BCUT2D eigenvalue weighted by Gasteiger charge is 2.32. The summed E-state index contributed by atoms with van der Waals surface area (Å²) in [5.74, 6) is 2.53. The Morgan fingerprint density at radius 3 is 2.70 bits per heavy atom.